The molecule has 0 unspecified atom stereocenters. The van der Waals surface area contributed by atoms with Gasteiger partial charge in [-0.3, -0.25) is 9.59 Å². The molecule has 318 valence electrons. The van der Waals surface area contributed by atoms with Gasteiger partial charge in [-0.15, -0.1) is 0 Å². The van der Waals surface area contributed by atoms with E-state index in [0.717, 1.165) is 0 Å². The van der Waals surface area contributed by atoms with Crippen LogP contribution >= 0.6 is 40.4 Å². The van der Waals surface area contributed by atoms with E-state index in [1.165, 1.54) is 23.5 Å². The maximum atomic E-state index is 11.9. The van der Waals surface area contributed by atoms with Gasteiger partial charge in [-0.25, -0.2) is 18.7 Å². The molecule has 0 radical (unpaired) electrons. The molecule has 0 bridgehead atoms. The summed E-state index contributed by atoms with van der Waals surface area (Å²) >= 11 is 2.58. The van der Waals surface area contributed by atoms with Gasteiger partial charge in [-0.05, 0) is 111 Å². The minimum absolute atomic E-state index is 0.0453. The Morgan fingerprint density at radius 1 is 0.509 bits per heavy atom. The fraction of sp³-hybridized carbons (Fsp3) is 0.949. The van der Waals surface area contributed by atoms with Crippen molar-refractivity contribution in [2.24, 2.45) is 11.3 Å². The lowest BCUT2D eigenvalue weighted by Crippen LogP contribution is -2.43. The Kier molecular flexibility index (Phi) is 30.4. The number of rotatable bonds is 25. The Balaban J connectivity index is 0. The molecule has 0 aromatic heterocycles. The molecular weight excluding hydrogens is 747 g/mol. The van der Waals surface area contributed by atoms with Gasteiger partial charge in [0.1, 0.15) is 0 Å². The number of ether oxygens (including phenoxy) is 2. The summed E-state index contributed by atoms with van der Waals surface area (Å²) in [6.45, 7) is 47.0. The largest absolute Gasteiger partial charge is 0.368 e. The number of hydrogen-bond acceptors (Lipinski definition) is 12. The molecule has 0 atom stereocenters. The van der Waals surface area contributed by atoms with Gasteiger partial charge >= 0.3 is 0 Å². The Labute approximate surface area is 339 Å². The lowest BCUT2D eigenvalue weighted by atomic mass is 10.00. The minimum Gasteiger partial charge on any atom is -0.368 e. The van der Waals surface area contributed by atoms with Crippen LogP contribution in [-0.2, 0) is 28.1 Å². The zero-order valence-corrected chi connectivity index (χ0v) is 41.3. The molecule has 0 heterocycles. The summed E-state index contributed by atoms with van der Waals surface area (Å²) in [6, 6.07) is 3.16. The molecular formula is C39H84N4O6P2S2. The van der Waals surface area contributed by atoms with Crippen molar-refractivity contribution in [2.75, 3.05) is 38.3 Å². The van der Waals surface area contributed by atoms with Crippen molar-refractivity contribution >= 4 is 50.7 Å². The Bertz CT molecular complexity index is 897. The molecule has 0 aliphatic heterocycles. The fourth-order valence-corrected chi connectivity index (χ4v) is 11.6. The standard InChI is InChI=1S/C20H43N2O3PS.C19H41N2O3PS/c1-15(2)21(16(3)4)26(22(17(5)6)18(7)8)25-14-24-12-13-27-19(23)20(9,10)11;1-14(2)19(22)26-13-23-11-12-24-25(20(15(3)4)16(5)6)21(17(7)8)18(9)10/h15-18H,12-14H2,1-11H3;14-18H,11-13H2,1-10H3. The van der Waals surface area contributed by atoms with Crippen molar-refractivity contribution in [3.63, 3.8) is 0 Å². The van der Waals surface area contributed by atoms with Crippen LogP contribution in [0.4, 0.5) is 0 Å². The molecule has 0 N–H and O–H groups in total. The van der Waals surface area contributed by atoms with Crippen molar-refractivity contribution in [3.8, 4) is 0 Å². The third-order valence-corrected chi connectivity index (χ3v) is 15.8. The molecule has 0 fully saturated rings. The number of carbonyl (C=O) groups is 2. The van der Waals surface area contributed by atoms with E-state index in [2.05, 4.69) is 129 Å². The topological polar surface area (TPSA) is 84.0 Å². The lowest BCUT2D eigenvalue weighted by Gasteiger charge is -2.45. The first kappa shape index (κ1) is 55.7. The van der Waals surface area contributed by atoms with E-state index < -0.39 is 16.9 Å². The highest BCUT2D eigenvalue weighted by atomic mass is 32.2. The lowest BCUT2D eigenvalue weighted by molar-refractivity contribution is -0.117. The first-order valence-corrected chi connectivity index (χ1v) is 24.1. The summed E-state index contributed by atoms with van der Waals surface area (Å²) in [5, 5.41) is 0.371. The van der Waals surface area contributed by atoms with Crippen LogP contribution in [0.15, 0.2) is 0 Å². The van der Waals surface area contributed by atoms with Crippen molar-refractivity contribution in [2.45, 2.75) is 194 Å². The highest BCUT2D eigenvalue weighted by Gasteiger charge is 2.35. The monoisotopic (exact) mass is 831 g/mol. The van der Waals surface area contributed by atoms with Gasteiger partial charge in [-0.2, -0.15) is 0 Å². The van der Waals surface area contributed by atoms with Crippen LogP contribution in [0, 0.1) is 11.3 Å². The molecule has 0 saturated carbocycles. The average molecular weight is 831 g/mol. The summed E-state index contributed by atoms with van der Waals surface area (Å²) in [4.78, 5) is 23.6. The number of hydrogen-bond donors (Lipinski definition) is 0. The second-order valence-corrected chi connectivity index (χ2v) is 22.2. The normalized spacial score (nSPS) is 13.2. The summed E-state index contributed by atoms with van der Waals surface area (Å²) in [5.74, 6) is 1.10. The third-order valence-electron chi connectivity index (χ3n) is 7.54. The average Bonchev–Trinajstić information content (AvgIpc) is 2.98. The Morgan fingerprint density at radius 3 is 1.19 bits per heavy atom. The molecule has 0 aromatic carbocycles. The van der Waals surface area contributed by atoms with Gasteiger partial charge in [-0.1, -0.05) is 58.1 Å². The van der Waals surface area contributed by atoms with Gasteiger partial charge in [0.15, 0.2) is 33.9 Å². The highest BCUT2D eigenvalue weighted by molar-refractivity contribution is 8.13. The van der Waals surface area contributed by atoms with Crippen molar-refractivity contribution in [3.05, 3.63) is 0 Å². The van der Waals surface area contributed by atoms with E-state index in [0.29, 0.717) is 79.8 Å². The maximum absolute atomic E-state index is 11.9. The smallest absolute Gasteiger partial charge is 0.194 e. The Hall–Kier alpha value is 0.580. The zero-order valence-electron chi connectivity index (χ0n) is 37.9. The van der Waals surface area contributed by atoms with E-state index >= 15 is 0 Å². The van der Waals surface area contributed by atoms with Crippen LogP contribution < -0.4 is 0 Å². The predicted molar refractivity (Wildman–Crippen MR) is 235 cm³/mol. The van der Waals surface area contributed by atoms with Crippen LogP contribution in [-0.4, -0.2) is 116 Å². The van der Waals surface area contributed by atoms with Gasteiger partial charge in [0.25, 0.3) is 0 Å². The fourth-order valence-electron chi connectivity index (χ4n) is 5.53. The second kappa shape index (κ2) is 28.9. The Morgan fingerprint density at radius 2 is 0.868 bits per heavy atom. The minimum atomic E-state index is -0.929. The van der Waals surface area contributed by atoms with E-state index in [-0.39, 0.29) is 28.4 Å². The van der Waals surface area contributed by atoms with Crippen molar-refractivity contribution in [1.29, 1.82) is 0 Å². The molecule has 0 amide bonds. The SMILES string of the molecule is CC(C)C(=O)SCOCCOP(N(C(C)C)C(C)C)N(C(C)C)C(C)C.CC(C)N(C(C)C)P(OCOCCSC(=O)C(C)(C)C)N(C(C)C)C(C)C. The number of nitrogens with zero attached hydrogens (tertiary/aromatic N) is 4. The van der Waals surface area contributed by atoms with Gasteiger partial charge in [0, 0.05) is 65.4 Å². The van der Waals surface area contributed by atoms with Crippen LogP contribution in [0.1, 0.15) is 145 Å². The molecule has 0 aromatic rings. The molecule has 0 spiro atoms. The van der Waals surface area contributed by atoms with E-state index in [1.54, 1.807) is 0 Å². The van der Waals surface area contributed by atoms with Gasteiger partial charge in [0.2, 0.25) is 0 Å². The quantitative estimate of drug-likeness (QED) is 0.0499. The van der Waals surface area contributed by atoms with E-state index in [4.69, 9.17) is 18.5 Å². The second-order valence-electron chi connectivity index (χ2n) is 16.8. The third kappa shape index (κ3) is 22.9. The summed E-state index contributed by atoms with van der Waals surface area (Å²) < 4.78 is 33.8. The zero-order chi connectivity index (χ0) is 41.8. The maximum Gasteiger partial charge on any atom is 0.194 e. The summed E-state index contributed by atoms with van der Waals surface area (Å²) in [5.41, 5.74) is -0.306. The molecule has 0 aliphatic rings. The van der Waals surface area contributed by atoms with Crippen LogP contribution in [0.2, 0.25) is 0 Å². The van der Waals surface area contributed by atoms with Crippen molar-refractivity contribution < 1.29 is 28.1 Å². The van der Waals surface area contributed by atoms with Crippen LogP contribution in [0.25, 0.3) is 0 Å². The summed E-state index contributed by atoms with van der Waals surface area (Å²) in [7, 11) is -1.81. The highest BCUT2D eigenvalue weighted by Crippen LogP contribution is 2.51. The summed E-state index contributed by atoms with van der Waals surface area (Å²) in [6.07, 6.45) is 0. The van der Waals surface area contributed by atoms with Crippen molar-refractivity contribution in [1.82, 2.24) is 18.7 Å². The number of thioether (sulfide) groups is 2. The van der Waals surface area contributed by atoms with Crippen LogP contribution in [0.3, 0.4) is 0 Å². The van der Waals surface area contributed by atoms with Gasteiger partial charge in [0.05, 0.1) is 25.8 Å². The first-order chi connectivity index (χ1) is 24.3. The van der Waals surface area contributed by atoms with Gasteiger partial charge < -0.3 is 18.5 Å². The predicted octanol–water partition coefficient (Wildman–Crippen LogP) is 11.1. The first-order valence-electron chi connectivity index (χ1n) is 19.8. The molecule has 0 aliphatic carbocycles. The molecule has 53 heavy (non-hydrogen) atoms. The molecule has 14 heteroatoms. The molecule has 0 rings (SSSR count). The van der Waals surface area contributed by atoms with E-state index in [9.17, 15) is 9.59 Å². The number of carbonyl (C=O) groups excluding carboxylic acids is 2. The van der Waals surface area contributed by atoms with E-state index in [1.807, 2.05) is 34.6 Å². The molecule has 10 nitrogen and oxygen atoms in total. The molecule has 0 saturated heterocycles. The van der Waals surface area contributed by atoms with Crippen LogP contribution in [0.5, 0.6) is 0 Å².